The molecule has 0 saturated heterocycles. The van der Waals surface area contributed by atoms with Crippen molar-refractivity contribution in [3.8, 4) is 0 Å². The van der Waals surface area contributed by atoms with Gasteiger partial charge in [0.05, 0.1) is 6.42 Å². The maximum Gasteiger partial charge on any atom is 0.305 e. The second-order valence-electron chi connectivity index (χ2n) is 4.68. The maximum atomic E-state index is 10.5. The molecule has 0 radical (unpaired) electrons. The molecule has 14 heavy (non-hydrogen) atoms. The summed E-state index contributed by atoms with van der Waals surface area (Å²) in [7, 11) is 0. The van der Waals surface area contributed by atoms with E-state index in [0.717, 1.165) is 12.8 Å². The predicted octanol–water partition coefficient (Wildman–Crippen LogP) is 2.39. The third-order valence-electron chi connectivity index (χ3n) is 2.42. The lowest BCUT2D eigenvalue weighted by atomic mass is 9.86. The Morgan fingerprint density at radius 2 is 2.14 bits per heavy atom. The third kappa shape index (κ3) is 6.89. The van der Waals surface area contributed by atoms with Crippen LogP contribution >= 0.6 is 0 Å². The highest BCUT2D eigenvalue weighted by Crippen LogP contribution is 2.21. The van der Waals surface area contributed by atoms with Gasteiger partial charge in [-0.2, -0.15) is 0 Å². The Bertz CT molecular complexity index is 178. The van der Waals surface area contributed by atoms with Crippen molar-refractivity contribution in [2.24, 2.45) is 11.7 Å². The van der Waals surface area contributed by atoms with Gasteiger partial charge in [-0.05, 0) is 19.3 Å². The summed E-state index contributed by atoms with van der Waals surface area (Å²) in [6, 6.07) is 0. The minimum atomic E-state index is -0.808. The number of carboxylic acids is 1. The maximum absolute atomic E-state index is 10.5. The average molecular weight is 201 g/mol. The Morgan fingerprint density at radius 3 is 2.57 bits per heavy atom. The summed E-state index contributed by atoms with van der Waals surface area (Å²) >= 11 is 0. The number of aliphatic carboxylic acids is 1. The van der Waals surface area contributed by atoms with Gasteiger partial charge < -0.3 is 10.8 Å². The van der Waals surface area contributed by atoms with E-state index in [-0.39, 0.29) is 6.42 Å². The minimum absolute atomic E-state index is 0.0590. The minimum Gasteiger partial charge on any atom is -0.481 e. The first-order valence-corrected chi connectivity index (χ1v) is 5.38. The lowest BCUT2D eigenvalue weighted by Crippen LogP contribution is -2.40. The van der Waals surface area contributed by atoms with Crippen LogP contribution in [-0.4, -0.2) is 16.6 Å². The molecule has 3 heteroatoms. The van der Waals surface area contributed by atoms with E-state index in [2.05, 4.69) is 13.8 Å². The SMILES string of the molecule is CCCCC(C)CC(C)(N)CC(=O)O. The summed E-state index contributed by atoms with van der Waals surface area (Å²) in [6.45, 7) is 6.12. The first kappa shape index (κ1) is 13.4. The van der Waals surface area contributed by atoms with E-state index in [9.17, 15) is 4.79 Å². The molecule has 0 aromatic rings. The van der Waals surface area contributed by atoms with E-state index in [1.165, 1.54) is 12.8 Å². The number of rotatable bonds is 7. The van der Waals surface area contributed by atoms with Crippen LogP contribution in [-0.2, 0) is 4.79 Å². The molecule has 0 fully saturated rings. The van der Waals surface area contributed by atoms with Crippen molar-refractivity contribution in [2.75, 3.05) is 0 Å². The fourth-order valence-electron chi connectivity index (χ4n) is 1.87. The molecule has 0 heterocycles. The second-order valence-corrected chi connectivity index (χ2v) is 4.68. The molecule has 0 bridgehead atoms. The van der Waals surface area contributed by atoms with Crippen LogP contribution in [0, 0.1) is 5.92 Å². The Kier molecular flexibility index (Phi) is 5.77. The van der Waals surface area contributed by atoms with Crippen LogP contribution in [0.4, 0.5) is 0 Å². The molecule has 84 valence electrons. The predicted molar refractivity (Wildman–Crippen MR) is 58.2 cm³/mol. The molecule has 0 amide bonds. The van der Waals surface area contributed by atoms with Gasteiger partial charge in [-0.15, -0.1) is 0 Å². The molecule has 3 N–H and O–H groups in total. The van der Waals surface area contributed by atoms with Gasteiger partial charge in [0.2, 0.25) is 0 Å². The Labute approximate surface area is 86.7 Å². The number of hydrogen-bond donors (Lipinski definition) is 2. The molecule has 0 rings (SSSR count). The quantitative estimate of drug-likeness (QED) is 0.664. The van der Waals surface area contributed by atoms with Crippen LogP contribution in [0.1, 0.15) is 52.9 Å². The van der Waals surface area contributed by atoms with Gasteiger partial charge in [-0.3, -0.25) is 4.79 Å². The molecule has 0 aliphatic rings. The van der Waals surface area contributed by atoms with Crippen molar-refractivity contribution in [1.29, 1.82) is 0 Å². The molecule has 3 nitrogen and oxygen atoms in total. The molecule has 0 spiro atoms. The van der Waals surface area contributed by atoms with Crippen LogP contribution in [0.2, 0.25) is 0 Å². The first-order chi connectivity index (χ1) is 6.37. The van der Waals surface area contributed by atoms with Crippen molar-refractivity contribution in [1.82, 2.24) is 0 Å². The molecule has 0 aromatic heterocycles. The highest BCUT2D eigenvalue weighted by Gasteiger charge is 2.24. The van der Waals surface area contributed by atoms with Gasteiger partial charge in [0.1, 0.15) is 0 Å². The topological polar surface area (TPSA) is 63.3 Å². The third-order valence-corrected chi connectivity index (χ3v) is 2.42. The van der Waals surface area contributed by atoms with E-state index in [4.69, 9.17) is 10.8 Å². The molecule has 0 aliphatic heterocycles. The van der Waals surface area contributed by atoms with E-state index in [1.807, 2.05) is 6.92 Å². The monoisotopic (exact) mass is 201 g/mol. The summed E-state index contributed by atoms with van der Waals surface area (Å²) in [4.78, 5) is 10.5. The Hall–Kier alpha value is -0.570. The zero-order valence-corrected chi connectivity index (χ0v) is 9.55. The Balaban J connectivity index is 3.88. The number of carboxylic acid groups (broad SMARTS) is 1. The second kappa shape index (κ2) is 6.02. The molecule has 0 saturated carbocycles. The highest BCUT2D eigenvalue weighted by molar-refractivity contribution is 5.68. The van der Waals surface area contributed by atoms with Gasteiger partial charge in [0.25, 0.3) is 0 Å². The van der Waals surface area contributed by atoms with Crippen molar-refractivity contribution >= 4 is 5.97 Å². The van der Waals surface area contributed by atoms with Gasteiger partial charge in [0.15, 0.2) is 0 Å². The van der Waals surface area contributed by atoms with Crippen LogP contribution in [0.3, 0.4) is 0 Å². The van der Waals surface area contributed by atoms with Gasteiger partial charge in [-0.25, -0.2) is 0 Å². The largest absolute Gasteiger partial charge is 0.481 e. The van der Waals surface area contributed by atoms with Crippen molar-refractivity contribution in [3.63, 3.8) is 0 Å². The molecular formula is C11H23NO2. The molecule has 0 aliphatic carbocycles. The number of hydrogen-bond acceptors (Lipinski definition) is 2. The zero-order valence-electron chi connectivity index (χ0n) is 9.55. The summed E-state index contributed by atoms with van der Waals surface area (Å²) in [5.41, 5.74) is 5.35. The van der Waals surface area contributed by atoms with E-state index in [0.29, 0.717) is 5.92 Å². The molecule has 2 unspecified atom stereocenters. The summed E-state index contributed by atoms with van der Waals surface area (Å²) in [5, 5.41) is 8.66. The van der Waals surface area contributed by atoms with Crippen LogP contribution in [0.5, 0.6) is 0 Å². The van der Waals surface area contributed by atoms with E-state index >= 15 is 0 Å². The highest BCUT2D eigenvalue weighted by atomic mass is 16.4. The lowest BCUT2D eigenvalue weighted by Gasteiger charge is -2.26. The normalized spacial score (nSPS) is 17.4. The van der Waals surface area contributed by atoms with Gasteiger partial charge in [0, 0.05) is 5.54 Å². The van der Waals surface area contributed by atoms with Crippen molar-refractivity contribution in [2.45, 2.75) is 58.4 Å². The van der Waals surface area contributed by atoms with E-state index in [1.54, 1.807) is 0 Å². The van der Waals surface area contributed by atoms with Crippen molar-refractivity contribution < 1.29 is 9.90 Å². The van der Waals surface area contributed by atoms with Gasteiger partial charge >= 0.3 is 5.97 Å². The average Bonchev–Trinajstić information content (AvgIpc) is 1.96. The zero-order chi connectivity index (χ0) is 11.2. The summed E-state index contributed by atoms with van der Waals surface area (Å²) < 4.78 is 0. The van der Waals surface area contributed by atoms with Crippen LogP contribution in [0.25, 0.3) is 0 Å². The Morgan fingerprint density at radius 1 is 1.57 bits per heavy atom. The van der Waals surface area contributed by atoms with Crippen LogP contribution in [0.15, 0.2) is 0 Å². The smallest absolute Gasteiger partial charge is 0.305 e. The van der Waals surface area contributed by atoms with Crippen molar-refractivity contribution in [3.05, 3.63) is 0 Å². The number of unbranched alkanes of at least 4 members (excludes halogenated alkanes) is 1. The van der Waals surface area contributed by atoms with E-state index < -0.39 is 11.5 Å². The fourth-order valence-corrected chi connectivity index (χ4v) is 1.87. The molecular weight excluding hydrogens is 178 g/mol. The summed E-state index contributed by atoms with van der Waals surface area (Å²) in [5.74, 6) is -0.290. The molecule has 2 atom stereocenters. The lowest BCUT2D eigenvalue weighted by molar-refractivity contribution is -0.138. The summed E-state index contributed by atoms with van der Waals surface area (Å²) in [6.07, 6.45) is 4.38. The van der Waals surface area contributed by atoms with Crippen LogP contribution < -0.4 is 5.73 Å². The first-order valence-electron chi connectivity index (χ1n) is 5.38. The fraction of sp³-hybridized carbons (Fsp3) is 0.909. The standard InChI is InChI=1S/C11H23NO2/c1-4-5-6-9(2)7-11(3,12)8-10(13)14/h9H,4-8,12H2,1-3H3,(H,13,14). The van der Waals surface area contributed by atoms with Gasteiger partial charge in [-0.1, -0.05) is 33.1 Å². The number of nitrogens with two attached hydrogens (primary N) is 1. The number of carbonyl (C=O) groups is 1. The molecule has 0 aromatic carbocycles.